The van der Waals surface area contributed by atoms with E-state index in [4.69, 9.17) is 4.98 Å². The van der Waals surface area contributed by atoms with Crippen molar-refractivity contribution >= 4 is 22.6 Å². The maximum Gasteiger partial charge on any atom is 0.230 e. The molecule has 7 heteroatoms. The number of carbonyl (C=O) groups is 1. The molecular weight excluding hydrogens is 411 g/mol. The highest BCUT2D eigenvalue weighted by atomic mass is 32.1. The number of anilines is 1. The van der Waals surface area contributed by atoms with Gasteiger partial charge in [-0.05, 0) is 36.1 Å². The first-order chi connectivity index (χ1) is 15.1. The fraction of sp³-hybridized carbons (Fsp3) is 0.375. The lowest BCUT2D eigenvalue weighted by Gasteiger charge is -2.26. The Labute approximate surface area is 186 Å². The molecule has 1 aromatic heterocycles. The Morgan fingerprint density at radius 1 is 1.06 bits per heavy atom. The van der Waals surface area contributed by atoms with Crippen LogP contribution in [0, 0.1) is 5.82 Å². The van der Waals surface area contributed by atoms with Crippen molar-refractivity contribution in [1.82, 2.24) is 14.3 Å². The van der Waals surface area contributed by atoms with Gasteiger partial charge in [-0.15, -0.1) is 0 Å². The third-order valence-electron chi connectivity index (χ3n) is 5.72. The third kappa shape index (κ3) is 5.28. The summed E-state index contributed by atoms with van der Waals surface area (Å²) in [6.07, 6.45) is 2.29. The minimum Gasteiger partial charge on any atom is -0.345 e. The lowest BCUT2D eigenvalue weighted by atomic mass is 9.95. The van der Waals surface area contributed by atoms with Gasteiger partial charge in [0, 0.05) is 44.1 Å². The van der Waals surface area contributed by atoms with Crippen molar-refractivity contribution in [3.63, 3.8) is 0 Å². The van der Waals surface area contributed by atoms with Gasteiger partial charge in [0.15, 0.2) is 0 Å². The van der Waals surface area contributed by atoms with Gasteiger partial charge in [0.25, 0.3) is 0 Å². The van der Waals surface area contributed by atoms with Crippen LogP contribution in [0.3, 0.4) is 0 Å². The molecule has 2 aromatic carbocycles. The van der Waals surface area contributed by atoms with Crippen LogP contribution in [-0.4, -0.2) is 46.3 Å². The van der Waals surface area contributed by atoms with Crippen LogP contribution in [0.2, 0.25) is 0 Å². The lowest BCUT2D eigenvalue weighted by molar-refractivity contribution is -0.132. The number of nitrogens with zero attached hydrogens (tertiary/aromatic N) is 4. The topological polar surface area (TPSA) is 49.3 Å². The van der Waals surface area contributed by atoms with Gasteiger partial charge in [-0.2, -0.15) is 4.37 Å². The number of hydrogen-bond donors (Lipinski definition) is 0. The van der Waals surface area contributed by atoms with E-state index in [2.05, 4.69) is 16.2 Å². The average Bonchev–Trinajstić information content (AvgIpc) is 3.11. The summed E-state index contributed by atoms with van der Waals surface area (Å²) in [4.78, 5) is 22.1. The van der Waals surface area contributed by atoms with E-state index < -0.39 is 0 Å². The van der Waals surface area contributed by atoms with E-state index in [1.54, 1.807) is 12.1 Å². The molecule has 31 heavy (non-hydrogen) atoms. The molecular formula is C24H27FN4OS. The SMILES string of the molecule is CCC(C(=O)N1CCCN(c2nc(Cc3ccc(F)cc3)ns2)CC1)c1ccccc1. The Balaban J connectivity index is 1.38. The normalized spacial score (nSPS) is 15.5. The highest BCUT2D eigenvalue weighted by Crippen LogP contribution is 2.25. The predicted octanol–water partition coefficient (Wildman–Crippen LogP) is 4.50. The molecule has 1 amide bonds. The molecule has 1 unspecified atom stereocenters. The van der Waals surface area contributed by atoms with Gasteiger partial charge in [-0.1, -0.05) is 49.4 Å². The lowest BCUT2D eigenvalue weighted by Crippen LogP contribution is -2.38. The molecule has 0 bridgehead atoms. The molecule has 1 saturated heterocycles. The molecule has 3 aromatic rings. The molecule has 1 fully saturated rings. The summed E-state index contributed by atoms with van der Waals surface area (Å²) in [5.74, 6) is 0.636. The second kappa shape index (κ2) is 10.0. The minimum absolute atomic E-state index is 0.0865. The number of carbonyl (C=O) groups excluding carboxylic acids is 1. The summed E-state index contributed by atoms with van der Waals surface area (Å²) >= 11 is 1.39. The van der Waals surface area contributed by atoms with Crippen LogP contribution < -0.4 is 4.90 Å². The number of aromatic nitrogens is 2. The Morgan fingerprint density at radius 3 is 2.58 bits per heavy atom. The van der Waals surface area contributed by atoms with Gasteiger partial charge in [-0.25, -0.2) is 9.37 Å². The molecule has 0 saturated carbocycles. The van der Waals surface area contributed by atoms with Crippen LogP contribution in [0.15, 0.2) is 54.6 Å². The van der Waals surface area contributed by atoms with Crippen LogP contribution in [0.5, 0.6) is 0 Å². The van der Waals surface area contributed by atoms with E-state index >= 15 is 0 Å². The van der Waals surface area contributed by atoms with Crippen molar-refractivity contribution < 1.29 is 9.18 Å². The molecule has 0 N–H and O–H groups in total. The van der Waals surface area contributed by atoms with Gasteiger partial charge in [-0.3, -0.25) is 4.79 Å². The molecule has 1 atom stereocenters. The number of halogens is 1. The highest BCUT2D eigenvalue weighted by Gasteiger charge is 2.27. The first kappa shape index (κ1) is 21.4. The zero-order chi connectivity index (χ0) is 21.6. The monoisotopic (exact) mass is 438 g/mol. The number of rotatable bonds is 6. The summed E-state index contributed by atoms with van der Waals surface area (Å²) in [7, 11) is 0. The second-order valence-electron chi connectivity index (χ2n) is 7.83. The minimum atomic E-state index is -0.239. The van der Waals surface area contributed by atoms with Gasteiger partial charge in [0.05, 0.1) is 5.92 Å². The van der Waals surface area contributed by atoms with E-state index in [1.165, 1.54) is 23.7 Å². The van der Waals surface area contributed by atoms with Crippen LogP contribution in [0.1, 0.15) is 42.6 Å². The first-order valence-electron chi connectivity index (χ1n) is 10.8. The van der Waals surface area contributed by atoms with E-state index in [9.17, 15) is 9.18 Å². The number of benzene rings is 2. The van der Waals surface area contributed by atoms with Gasteiger partial charge < -0.3 is 9.80 Å². The van der Waals surface area contributed by atoms with Crippen molar-refractivity contribution in [1.29, 1.82) is 0 Å². The quantitative estimate of drug-likeness (QED) is 0.569. The molecule has 5 nitrogen and oxygen atoms in total. The van der Waals surface area contributed by atoms with Crippen LogP contribution in [0.4, 0.5) is 9.52 Å². The van der Waals surface area contributed by atoms with E-state index in [-0.39, 0.29) is 17.6 Å². The summed E-state index contributed by atoms with van der Waals surface area (Å²) in [6.45, 7) is 5.14. The zero-order valence-corrected chi connectivity index (χ0v) is 18.5. The molecule has 162 valence electrons. The summed E-state index contributed by atoms with van der Waals surface area (Å²) in [6, 6.07) is 16.5. The highest BCUT2D eigenvalue weighted by molar-refractivity contribution is 7.09. The van der Waals surface area contributed by atoms with Crippen molar-refractivity contribution in [3.8, 4) is 0 Å². The average molecular weight is 439 g/mol. The molecule has 0 aliphatic carbocycles. The van der Waals surface area contributed by atoms with Crippen LogP contribution in [-0.2, 0) is 11.2 Å². The van der Waals surface area contributed by atoms with Crippen molar-refractivity contribution in [2.75, 3.05) is 31.1 Å². The van der Waals surface area contributed by atoms with E-state index in [0.717, 1.165) is 54.6 Å². The summed E-state index contributed by atoms with van der Waals surface area (Å²) in [5.41, 5.74) is 2.08. The Morgan fingerprint density at radius 2 is 1.84 bits per heavy atom. The van der Waals surface area contributed by atoms with Crippen LogP contribution >= 0.6 is 11.5 Å². The molecule has 1 aliphatic rings. The van der Waals surface area contributed by atoms with Crippen LogP contribution in [0.25, 0.3) is 0 Å². The van der Waals surface area contributed by atoms with Gasteiger partial charge >= 0.3 is 0 Å². The third-order valence-corrected chi connectivity index (χ3v) is 6.53. The summed E-state index contributed by atoms with van der Waals surface area (Å²) in [5, 5.41) is 0.890. The molecule has 4 rings (SSSR count). The van der Waals surface area contributed by atoms with Crippen molar-refractivity contribution in [3.05, 3.63) is 77.4 Å². The molecule has 0 spiro atoms. The maximum atomic E-state index is 13.2. The second-order valence-corrected chi connectivity index (χ2v) is 8.56. The van der Waals surface area contributed by atoms with Gasteiger partial charge in [0.2, 0.25) is 11.0 Å². The largest absolute Gasteiger partial charge is 0.345 e. The number of amides is 1. The Bertz CT molecular complexity index is 992. The van der Waals surface area contributed by atoms with Crippen molar-refractivity contribution in [2.24, 2.45) is 0 Å². The number of hydrogen-bond acceptors (Lipinski definition) is 5. The van der Waals surface area contributed by atoms with E-state index in [0.29, 0.717) is 13.0 Å². The maximum absolute atomic E-state index is 13.2. The van der Waals surface area contributed by atoms with Crippen molar-refractivity contribution in [2.45, 2.75) is 32.1 Å². The zero-order valence-electron chi connectivity index (χ0n) is 17.7. The standard InChI is InChI=1S/C24H27FN4OS/c1-2-21(19-7-4-3-5-8-19)23(30)28-13-6-14-29(16-15-28)24-26-22(27-31-24)17-18-9-11-20(25)12-10-18/h3-5,7-12,21H,2,6,13-17H2,1H3. The predicted molar refractivity (Wildman–Crippen MR) is 122 cm³/mol. The smallest absolute Gasteiger partial charge is 0.230 e. The molecule has 0 radical (unpaired) electrons. The first-order valence-corrected chi connectivity index (χ1v) is 11.6. The fourth-order valence-corrected chi connectivity index (χ4v) is 4.75. The molecule has 2 heterocycles. The Hall–Kier alpha value is -2.80. The Kier molecular flexibility index (Phi) is 6.92. The van der Waals surface area contributed by atoms with Gasteiger partial charge in [0.1, 0.15) is 11.6 Å². The fourth-order valence-electron chi connectivity index (χ4n) is 4.02. The molecule has 1 aliphatic heterocycles. The summed E-state index contributed by atoms with van der Waals surface area (Å²) < 4.78 is 17.6. The van der Waals surface area contributed by atoms with E-state index in [1.807, 2.05) is 35.2 Å².